The average molecular weight is 301 g/mol. The summed E-state index contributed by atoms with van der Waals surface area (Å²) in [5, 5.41) is 0. The molecule has 0 N–H and O–H groups in total. The Bertz CT molecular complexity index is 518. The highest BCUT2D eigenvalue weighted by molar-refractivity contribution is 5.94. The predicted octanol–water partition coefficient (Wildman–Crippen LogP) is 4.02. The summed E-state index contributed by atoms with van der Waals surface area (Å²) in [7, 11) is 1.69. The summed E-state index contributed by atoms with van der Waals surface area (Å²) in [5.74, 6) is 0.194. The second-order valence-electron chi connectivity index (χ2n) is 7.02. The Morgan fingerprint density at radius 3 is 2.68 bits per heavy atom. The molecule has 0 atom stereocenters. The van der Waals surface area contributed by atoms with Crippen LogP contribution >= 0.6 is 0 Å². The second kappa shape index (κ2) is 6.82. The van der Waals surface area contributed by atoms with Gasteiger partial charge in [0.05, 0.1) is 6.61 Å². The number of likely N-dealkylation sites (tertiary alicyclic amines) is 1. The van der Waals surface area contributed by atoms with Gasteiger partial charge in [-0.2, -0.15) is 0 Å². The molecule has 1 heterocycles. The first-order chi connectivity index (χ1) is 10.7. The third kappa shape index (κ3) is 3.35. The standard InChI is InChI=1S/C19H27NO2/c1-22-14-16-7-6-8-17(13-16)18(21)20-12-11-19(15-20)9-4-2-3-5-10-19/h6-8,13H,2-5,9-12,14-15H2,1H3. The SMILES string of the molecule is COCc1cccc(C(=O)N2CCC3(CCCCCC3)C2)c1. The lowest BCUT2D eigenvalue weighted by atomic mass is 9.80. The summed E-state index contributed by atoms with van der Waals surface area (Å²) in [5.41, 5.74) is 2.29. The molecule has 1 aromatic carbocycles. The second-order valence-corrected chi connectivity index (χ2v) is 7.02. The van der Waals surface area contributed by atoms with E-state index in [9.17, 15) is 4.79 Å². The van der Waals surface area contributed by atoms with Gasteiger partial charge in [0.15, 0.2) is 0 Å². The van der Waals surface area contributed by atoms with E-state index in [-0.39, 0.29) is 5.91 Å². The Morgan fingerprint density at radius 1 is 1.18 bits per heavy atom. The number of methoxy groups -OCH3 is 1. The quantitative estimate of drug-likeness (QED) is 0.844. The minimum absolute atomic E-state index is 0.194. The monoisotopic (exact) mass is 301 g/mol. The highest BCUT2D eigenvalue weighted by Crippen LogP contribution is 2.42. The Morgan fingerprint density at radius 2 is 1.95 bits per heavy atom. The van der Waals surface area contributed by atoms with Crippen molar-refractivity contribution in [1.82, 2.24) is 4.90 Å². The zero-order chi connectivity index (χ0) is 15.4. The summed E-state index contributed by atoms with van der Waals surface area (Å²) in [6.45, 7) is 2.44. The first-order valence-electron chi connectivity index (χ1n) is 8.60. The molecule has 0 radical (unpaired) electrons. The molecule has 1 saturated carbocycles. The van der Waals surface area contributed by atoms with E-state index in [1.807, 2.05) is 24.3 Å². The topological polar surface area (TPSA) is 29.5 Å². The fraction of sp³-hybridized carbons (Fsp3) is 0.632. The molecule has 22 heavy (non-hydrogen) atoms. The molecule has 1 saturated heterocycles. The lowest BCUT2D eigenvalue weighted by Gasteiger charge is -2.27. The maximum Gasteiger partial charge on any atom is 0.253 e. The van der Waals surface area contributed by atoms with Crippen molar-refractivity contribution in [3.63, 3.8) is 0 Å². The van der Waals surface area contributed by atoms with Gasteiger partial charge in [-0.15, -0.1) is 0 Å². The molecule has 1 amide bonds. The normalized spacial score (nSPS) is 21.0. The van der Waals surface area contributed by atoms with E-state index in [0.717, 1.165) is 24.2 Å². The van der Waals surface area contributed by atoms with Gasteiger partial charge in [0.25, 0.3) is 5.91 Å². The van der Waals surface area contributed by atoms with Crippen LogP contribution in [0.1, 0.15) is 60.9 Å². The number of hydrogen-bond acceptors (Lipinski definition) is 2. The Kier molecular flexibility index (Phi) is 4.82. The maximum absolute atomic E-state index is 12.8. The number of benzene rings is 1. The van der Waals surface area contributed by atoms with E-state index in [1.54, 1.807) is 7.11 Å². The van der Waals surface area contributed by atoms with Crippen LogP contribution in [0.25, 0.3) is 0 Å². The molecule has 2 fully saturated rings. The molecule has 0 aromatic heterocycles. The lowest BCUT2D eigenvalue weighted by Crippen LogP contribution is -2.32. The maximum atomic E-state index is 12.8. The van der Waals surface area contributed by atoms with Gasteiger partial charge in [-0.25, -0.2) is 0 Å². The molecule has 120 valence electrons. The van der Waals surface area contributed by atoms with Crippen molar-refractivity contribution in [2.45, 2.75) is 51.6 Å². The summed E-state index contributed by atoms with van der Waals surface area (Å²) in [4.78, 5) is 14.9. The van der Waals surface area contributed by atoms with Gasteiger partial charge in [-0.1, -0.05) is 37.8 Å². The Hall–Kier alpha value is -1.35. The molecule has 1 aromatic rings. The van der Waals surface area contributed by atoms with E-state index in [0.29, 0.717) is 12.0 Å². The number of amides is 1. The fourth-order valence-electron chi connectivity index (χ4n) is 4.14. The molecule has 3 nitrogen and oxygen atoms in total. The third-order valence-electron chi connectivity index (χ3n) is 5.37. The van der Waals surface area contributed by atoms with Crippen LogP contribution in [0, 0.1) is 5.41 Å². The lowest BCUT2D eigenvalue weighted by molar-refractivity contribution is 0.0767. The van der Waals surface area contributed by atoms with Gasteiger partial charge in [0.2, 0.25) is 0 Å². The predicted molar refractivity (Wildman–Crippen MR) is 87.8 cm³/mol. The van der Waals surface area contributed by atoms with Crippen molar-refractivity contribution in [2.75, 3.05) is 20.2 Å². The van der Waals surface area contributed by atoms with Gasteiger partial charge in [-0.3, -0.25) is 4.79 Å². The zero-order valence-corrected chi connectivity index (χ0v) is 13.6. The number of ether oxygens (including phenoxy) is 1. The summed E-state index contributed by atoms with van der Waals surface area (Å²) in [6.07, 6.45) is 9.22. The number of nitrogens with zero attached hydrogens (tertiary/aromatic N) is 1. The largest absolute Gasteiger partial charge is 0.380 e. The molecule has 0 unspecified atom stereocenters. The molecule has 1 aliphatic heterocycles. The zero-order valence-electron chi connectivity index (χ0n) is 13.6. The molecule has 1 spiro atoms. The van der Waals surface area contributed by atoms with Gasteiger partial charge < -0.3 is 9.64 Å². The molecular weight excluding hydrogens is 274 g/mol. The Labute approximate surface area is 133 Å². The van der Waals surface area contributed by atoms with Crippen molar-refractivity contribution >= 4 is 5.91 Å². The van der Waals surface area contributed by atoms with Gasteiger partial charge in [-0.05, 0) is 42.4 Å². The highest BCUT2D eigenvalue weighted by Gasteiger charge is 2.39. The molecule has 1 aliphatic carbocycles. The van der Waals surface area contributed by atoms with Crippen molar-refractivity contribution in [2.24, 2.45) is 5.41 Å². The molecular formula is C19H27NO2. The van der Waals surface area contributed by atoms with Crippen LogP contribution in [0.2, 0.25) is 0 Å². The molecule has 3 heteroatoms. The number of carbonyl (C=O) groups is 1. The highest BCUT2D eigenvalue weighted by atomic mass is 16.5. The van der Waals surface area contributed by atoms with Crippen LogP contribution in [0.3, 0.4) is 0 Å². The van der Waals surface area contributed by atoms with Gasteiger partial charge >= 0.3 is 0 Å². The molecule has 0 bridgehead atoms. The molecule has 3 rings (SSSR count). The van der Waals surface area contributed by atoms with Crippen LogP contribution < -0.4 is 0 Å². The van der Waals surface area contributed by atoms with Crippen molar-refractivity contribution in [3.8, 4) is 0 Å². The van der Waals surface area contributed by atoms with Crippen molar-refractivity contribution < 1.29 is 9.53 Å². The van der Waals surface area contributed by atoms with E-state index < -0.39 is 0 Å². The third-order valence-corrected chi connectivity index (χ3v) is 5.37. The first kappa shape index (κ1) is 15.5. The van der Waals surface area contributed by atoms with Crippen LogP contribution in [-0.2, 0) is 11.3 Å². The summed E-state index contributed by atoms with van der Waals surface area (Å²) < 4.78 is 5.17. The number of carbonyl (C=O) groups excluding carboxylic acids is 1. The van der Waals surface area contributed by atoms with Crippen LogP contribution in [0.15, 0.2) is 24.3 Å². The minimum atomic E-state index is 0.194. The van der Waals surface area contributed by atoms with E-state index >= 15 is 0 Å². The number of hydrogen-bond donors (Lipinski definition) is 0. The van der Waals surface area contributed by atoms with E-state index in [2.05, 4.69) is 4.90 Å². The van der Waals surface area contributed by atoms with Crippen LogP contribution in [0.5, 0.6) is 0 Å². The summed E-state index contributed by atoms with van der Waals surface area (Å²) in [6, 6.07) is 7.87. The molecule has 2 aliphatic rings. The van der Waals surface area contributed by atoms with Gasteiger partial charge in [0, 0.05) is 25.8 Å². The summed E-state index contributed by atoms with van der Waals surface area (Å²) >= 11 is 0. The average Bonchev–Trinajstić information content (AvgIpc) is 2.80. The van der Waals surface area contributed by atoms with Gasteiger partial charge in [0.1, 0.15) is 0 Å². The number of rotatable bonds is 3. The van der Waals surface area contributed by atoms with Crippen LogP contribution in [0.4, 0.5) is 0 Å². The minimum Gasteiger partial charge on any atom is -0.380 e. The fourth-order valence-corrected chi connectivity index (χ4v) is 4.14. The van der Waals surface area contributed by atoms with Crippen molar-refractivity contribution in [3.05, 3.63) is 35.4 Å². The Balaban J connectivity index is 1.69. The van der Waals surface area contributed by atoms with E-state index in [1.165, 1.54) is 44.9 Å². The van der Waals surface area contributed by atoms with E-state index in [4.69, 9.17) is 4.74 Å². The first-order valence-corrected chi connectivity index (χ1v) is 8.60. The van der Waals surface area contributed by atoms with Crippen LogP contribution in [-0.4, -0.2) is 31.0 Å². The van der Waals surface area contributed by atoms with Crippen molar-refractivity contribution in [1.29, 1.82) is 0 Å². The smallest absolute Gasteiger partial charge is 0.253 e.